The van der Waals surface area contributed by atoms with Crippen LogP contribution in [0.3, 0.4) is 0 Å². The highest BCUT2D eigenvalue weighted by molar-refractivity contribution is 5.69. The predicted molar refractivity (Wildman–Crippen MR) is 72.9 cm³/mol. The zero-order valence-corrected chi connectivity index (χ0v) is 13.9. The summed E-state index contributed by atoms with van der Waals surface area (Å²) >= 11 is 0. The van der Waals surface area contributed by atoms with Crippen LogP contribution in [0.25, 0.3) is 0 Å². The van der Waals surface area contributed by atoms with Crippen LogP contribution in [0.2, 0.25) is 0 Å². The molecular formula is C13H20O12. The van der Waals surface area contributed by atoms with Crippen molar-refractivity contribution in [3.8, 4) is 0 Å². The van der Waals surface area contributed by atoms with Gasteiger partial charge in [-0.15, -0.1) is 0 Å². The molecule has 12 heteroatoms. The van der Waals surface area contributed by atoms with Gasteiger partial charge < -0.3 is 44.1 Å². The molecular weight excluding hydrogens is 348 g/mol. The molecule has 12 nitrogen and oxygen atoms in total. The summed E-state index contributed by atoms with van der Waals surface area (Å²) in [6.45, 7) is 1.34. The van der Waals surface area contributed by atoms with Crippen molar-refractivity contribution in [2.24, 2.45) is 0 Å². The third kappa shape index (κ3) is 3.44. The molecule has 0 unspecified atom stereocenters. The molecule has 0 amide bonds. The molecule has 0 aromatic rings. The first-order valence-corrected chi connectivity index (χ1v) is 6.93. The summed E-state index contributed by atoms with van der Waals surface area (Å²) in [6, 6.07) is 0. The summed E-state index contributed by atoms with van der Waals surface area (Å²) < 4.78 is 23.5. The Hall–Kier alpha value is -1.83. The smallest absolute Gasteiger partial charge is 0.352 e. The van der Waals surface area contributed by atoms with Crippen molar-refractivity contribution in [2.45, 2.75) is 50.5 Å². The fraction of sp³-hybridized carbons (Fsp3) is 0.769. The van der Waals surface area contributed by atoms with E-state index in [1.165, 1.54) is 0 Å². The van der Waals surface area contributed by atoms with E-state index >= 15 is 0 Å². The van der Waals surface area contributed by atoms with Gasteiger partial charge in [-0.05, 0) is 0 Å². The molecule has 0 spiro atoms. The molecule has 0 aromatic carbocycles. The van der Waals surface area contributed by atoms with E-state index in [4.69, 9.17) is 9.47 Å². The molecule has 1 fully saturated rings. The van der Waals surface area contributed by atoms with Gasteiger partial charge in [-0.25, -0.2) is 0 Å². The maximum absolute atomic E-state index is 11.4. The lowest BCUT2D eigenvalue weighted by Gasteiger charge is -2.55. The molecule has 1 aliphatic heterocycles. The topological polar surface area (TPSA) is 178 Å². The minimum Gasteiger partial charge on any atom is -0.423 e. The number of aliphatic hydroxyl groups excluding tert-OH is 1. The number of hydrogen-bond donors (Lipinski definition) is 4. The molecule has 0 aromatic heterocycles. The van der Waals surface area contributed by atoms with E-state index in [9.17, 15) is 34.8 Å². The van der Waals surface area contributed by atoms with Gasteiger partial charge in [-0.1, -0.05) is 0 Å². The monoisotopic (exact) mass is 368 g/mol. The van der Waals surface area contributed by atoms with Crippen LogP contribution in [-0.4, -0.2) is 81.8 Å². The van der Waals surface area contributed by atoms with Crippen molar-refractivity contribution in [1.29, 1.82) is 0 Å². The van der Waals surface area contributed by atoms with E-state index < -0.39 is 54.3 Å². The van der Waals surface area contributed by atoms with Crippen molar-refractivity contribution in [2.75, 3.05) is 13.7 Å². The van der Waals surface area contributed by atoms with Crippen molar-refractivity contribution < 1.29 is 58.5 Å². The van der Waals surface area contributed by atoms with Crippen molar-refractivity contribution >= 4 is 17.9 Å². The minimum absolute atomic E-state index is 0.783. The Morgan fingerprint density at radius 1 is 0.920 bits per heavy atom. The molecule has 25 heavy (non-hydrogen) atoms. The number of carbonyl (C=O) groups is 3. The molecule has 0 saturated carbocycles. The Balaban J connectivity index is 3.68. The van der Waals surface area contributed by atoms with Gasteiger partial charge in [-0.2, -0.15) is 0 Å². The molecule has 144 valence electrons. The SMILES string of the molecule is CO[C@H]1O[C@H](CO)[C@](O)(OC(C)=O)[C@@](O)(OC(C)=O)[C@]1(O)OC(C)=O. The zero-order valence-electron chi connectivity index (χ0n) is 13.9. The van der Waals surface area contributed by atoms with Crippen LogP contribution in [0.1, 0.15) is 20.8 Å². The predicted octanol–water partition coefficient (Wildman–Crippen LogP) is -2.89. The summed E-state index contributed by atoms with van der Waals surface area (Å²) in [5.41, 5.74) is 0. The van der Waals surface area contributed by atoms with Crippen LogP contribution < -0.4 is 0 Å². The van der Waals surface area contributed by atoms with Crippen LogP contribution in [0.4, 0.5) is 0 Å². The average Bonchev–Trinajstić information content (AvgIpc) is 2.44. The van der Waals surface area contributed by atoms with E-state index in [-0.39, 0.29) is 0 Å². The molecule has 1 rings (SSSR count). The Morgan fingerprint density at radius 3 is 1.72 bits per heavy atom. The van der Waals surface area contributed by atoms with Gasteiger partial charge in [0.05, 0.1) is 6.61 Å². The largest absolute Gasteiger partial charge is 0.423 e. The van der Waals surface area contributed by atoms with E-state index in [2.05, 4.69) is 14.2 Å². The minimum atomic E-state index is -3.62. The average molecular weight is 368 g/mol. The molecule has 4 N–H and O–H groups in total. The van der Waals surface area contributed by atoms with Crippen molar-refractivity contribution in [3.63, 3.8) is 0 Å². The quantitative estimate of drug-likeness (QED) is 0.221. The lowest BCUT2D eigenvalue weighted by molar-refractivity contribution is -0.532. The number of hydrogen-bond acceptors (Lipinski definition) is 12. The summed E-state index contributed by atoms with van der Waals surface area (Å²) in [6.07, 6.45) is -4.00. The molecule has 1 aliphatic rings. The number of aliphatic hydroxyl groups is 4. The van der Waals surface area contributed by atoms with Crippen LogP contribution in [0.15, 0.2) is 0 Å². The summed E-state index contributed by atoms with van der Waals surface area (Å²) in [7, 11) is 0.956. The first-order valence-electron chi connectivity index (χ1n) is 6.93. The Labute approximate surface area is 141 Å². The molecule has 0 aliphatic carbocycles. The van der Waals surface area contributed by atoms with E-state index in [0.717, 1.165) is 27.9 Å². The fourth-order valence-electron chi connectivity index (χ4n) is 2.39. The van der Waals surface area contributed by atoms with Gasteiger partial charge in [0.1, 0.15) is 0 Å². The highest BCUT2D eigenvalue weighted by Gasteiger charge is 2.80. The number of methoxy groups -OCH3 is 1. The van der Waals surface area contributed by atoms with E-state index in [1.54, 1.807) is 0 Å². The number of esters is 3. The fourth-order valence-corrected chi connectivity index (χ4v) is 2.39. The first-order chi connectivity index (χ1) is 11.4. The van der Waals surface area contributed by atoms with Crippen molar-refractivity contribution in [1.82, 2.24) is 0 Å². The number of ether oxygens (including phenoxy) is 5. The maximum atomic E-state index is 11.4. The second-order valence-corrected chi connectivity index (χ2v) is 5.19. The van der Waals surface area contributed by atoms with E-state index in [0.29, 0.717) is 0 Å². The third-order valence-electron chi connectivity index (χ3n) is 3.28. The lowest BCUT2D eigenvalue weighted by Crippen LogP contribution is -2.83. The highest BCUT2D eigenvalue weighted by Crippen LogP contribution is 2.47. The number of rotatable bonds is 5. The van der Waals surface area contributed by atoms with Gasteiger partial charge >= 0.3 is 35.3 Å². The van der Waals surface area contributed by atoms with E-state index in [1.807, 2.05) is 0 Å². The summed E-state index contributed by atoms with van der Waals surface area (Å²) in [5, 5.41) is 41.6. The van der Waals surface area contributed by atoms with Gasteiger partial charge in [0.25, 0.3) is 0 Å². The normalized spacial score (nSPS) is 37.9. The van der Waals surface area contributed by atoms with Crippen LogP contribution in [-0.2, 0) is 38.1 Å². The van der Waals surface area contributed by atoms with Gasteiger partial charge in [0, 0.05) is 27.9 Å². The van der Waals surface area contributed by atoms with Crippen LogP contribution >= 0.6 is 0 Å². The molecule has 0 bridgehead atoms. The summed E-state index contributed by atoms with van der Waals surface area (Å²) in [4.78, 5) is 34.1. The molecule has 1 heterocycles. The van der Waals surface area contributed by atoms with Crippen molar-refractivity contribution in [3.05, 3.63) is 0 Å². The third-order valence-corrected chi connectivity index (χ3v) is 3.28. The number of carbonyl (C=O) groups excluding carboxylic acids is 3. The summed E-state index contributed by atoms with van der Waals surface area (Å²) in [5.74, 6) is -14.0. The van der Waals surface area contributed by atoms with Gasteiger partial charge in [-0.3, -0.25) is 14.4 Å². The lowest BCUT2D eigenvalue weighted by atomic mass is 9.87. The molecule has 1 saturated heterocycles. The Morgan fingerprint density at radius 2 is 1.36 bits per heavy atom. The van der Waals surface area contributed by atoms with Crippen LogP contribution in [0, 0.1) is 0 Å². The van der Waals surface area contributed by atoms with Gasteiger partial charge in [0.2, 0.25) is 6.29 Å². The Bertz CT molecular complexity index is 511. The maximum Gasteiger partial charge on any atom is 0.352 e. The van der Waals surface area contributed by atoms with Crippen LogP contribution in [0.5, 0.6) is 0 Å². The molecule has 5 atom stereocenters. The second-order valence-electron chi connectivity index (χ2n) is 5.19. The highest BCUT2D eigenvalue weighted by atomic mass is 16.8. The standard InChI is InChI=1S/C13H20O12/c1-6(15)23-11(18)9(5-14)22-10(21-4)12(19,24-7(2)16)13(11,20)25-8(3)17/h9-10,14,18-20H,5H2,1-4H3/t9-,10+,11+,12-,13-/m1/s1. The Kier molecular flexibility index (Phi) is 6.10. The molecule has 0 radical (unpaired) electrons. The first kappa shape index (κ1) is 21.2. The zero-order chi connectivity index (χ0) is 19.6. The second kappa shape index (κ2) is 7.19. The van der Waals surface area contributed by atoms with Gasteiger partial charge in [0.15, 0.2) is 6.10 Å².